The van der Waals surface area contributed by atoms with Crippen LogP contribution in [0.5, 0.6) is 5.75 Å². The molecule has 2 N–H and O–H groups in total. The van der Waals surface area contributed by atoms with E-state index in [0.717, 1.165) is 27.8 Å². The summed E-state index contributed by atoms with van der Waals surface area (Å²) in [5, 5.41) is 15.2. The van der Waals surface area contributed by atoms with E-state index in [9.17, 15) is 13.5 Å². The van der Waals surface area contributed by atoms with Gasteiger partial charge in [0, 0.05) is 36.5 Å². The summed E-state index contributed by atoms with van der Waals surface area (Å²) >= 11 is 0. The number of aromatic hydroxyl groups is 1. The van der Waals surface area contributed by atoms with Gasteiger partial charge in [0.15, 0.2) is 5.75 Å². The minimum atomic E-state index is -3.89. The highest BCUT2D eigenvalue weighted by atomic mass is 32.2. The fourth-order valence-corrected chi connectivity index (χ4v) is 5.59. The van der Waals surface area contributed by atoms with Crippen LogP contribution >= 0.6 is 0 Å². The summed E-state index contributed by atoms with van der Waals surface area (Å²) in [6.45, 7) is 4.64. The average molecular weight is 460 g/mol. The molecule has 6 nitrogen and oxygen atoms in total. The van der Waals surface area contributed by atoms with E-state index in [-0.39, 0.29) is 16.2 Å². The van der Waals surface area contributed by atoms with Crippen molar-refractivity contribution in [1.29, 1.82) is 0 Å². The third-order valence-electron chi connectivity index (χ3n) is 6.03. The summed E-state index contributed by atoms with van der Waals surface area (Å²) in [6, 6.07) is 16.7. The number of nitrogens with one attached hydrogen (secondary N) is 1. The zero-order valence-electron chi connectivity index (χ0n) is 18.5. The molecular formula is C26H25N3O3S. The second kappa shape index (κ2) is 8.08. The maximum absolute atomic E-state index is 13.5. The van der Waals surface area contributed by atoms with Crippen molar-refractivity contribution in [3.05, 3.63) is 83.0 Å². The van der Waals surface area contributed by atoms with E-state index < -0.39 is 10.0 Å². The number of hydrogen-bond donors (Lipinski definition) is 2. The molecule has 1 aliphatic rings. The molecule has 0 spiro atoms. The number of rotatable bonds is 5. The monoisotopic (exact) mass is 459 g/mol. The highest BCUT2D eigenvalue weighted by Gasteiger charge is 2.28. The van der Waals surface area contributed by atoms with Crippen molar-refractivity contribution in [1.82, 2.24) is 3.97 Å². The Morgan fingerprint density at radius 3 is 2.42 bits per heavy atom. The first-order valence-corrected chi connectivity index (χ1v) is 12.3. The minimum absolute atomic E-state index is 0.139. The van der Waals surface area contributed by atoms with Crippen LogP contribution in [0.15, 0.2) is 70.7 Å². The van der Waals surface area contributed by atoms with Gasteiger partial charge in [-0.3, -0.25) is 4.99 Å². The quantitative estimate of drug-likeness (QED) is 0.321. The van der Waals surface area contributed by atoms with Gasteiger partial charge in [0.1, 0.15) is 11.2 Å². The number of hydrogen-bond acceptors (Lipinski definition) is 5. The number of aryl methyl sites for hydroxylation is 2. The van der Waals surface area contributed by atoms with Crippen LogP contribution in [-0.4, -0.2) is 30.3 Å². The Bertz CT molecular complexity index is 1480. The van der Waals surface area contributed by atoms with Gasteiger partial charge in [-0.25, -0.2) is 12.4 Å². The number of benzene rings is 3. The largest absolute Gasteiger partial charge is 0.504 e. The number of phenolic OH excluding ortho intramolecular Hbond substituents is 1. The highest BCUT2D eigenvalue weighted by molar-refractivity contribution is 7.90. The SMILES string of the molecule is Cc1ccc(CC=Nc2cc3c4c(cn(S(=O)(=O)c5ccc(C)cc5)c4c2O)CCN3)cc1. The molecule has 7 heteroatoms. The number of aromatic nitrogens is 1. The summed E-state index contributed by atoms with van der Waals surface area (Å²) < 4.78 is 28.2. The average Bonchev–Trinajstić information content (AvgIpc) is 3.21. The third kappa shape index (κ3) is 3.78. The number of aliphatic imine (C=N–C) groups is 1. The number of anilines is 1. The Labute approximate surface area is 193 Å². The van der Waals surface area contributed by atoms with Crippen molar-refractivity contribution in [2.45, 2.75) is 31.6 Å². The Balaban J connectivity index is 1.62. The zero-order valence-corrected chi connectivity index (χ0v) is 19.4. The Hall–Kier alpha value is -3.58. The lowest BCUT2D eigenvalue weighted by atomic mass is 10.0. The highest BCUT2D eigenvalue weighted by Crippen LogP contribution is 2.44. The molecule has 0 saturated carbocycles. The first kappa shape index (κ1) is 21.3. The molecule has 0 atom stereocenters. The van der Waals surface area contributed by atoms with Crippen molar-refractivity contribution in [2.75, 3.05) is 11.9 Å². The molecule has 2 heterocycles. The zero-order chi connectivity index (χ0) is 23.2. The van der Waals surface area contributed by atoms with Crippen LogP contribution in [0.2, 0.25) is 0 Å². The summed E-state index contributed by atoms with van der Waals surface area (Å²) in [4.78, 5) is 4.68. The van der Waals surface area contributed by atoms with E-state index in [1.54, 1.807) is 42.7 Å². The molecule has 0 saturated heterocycles. The normalized spacial score (nSPS) is 13.5. The predicted molar refractivity (Wildman–Crippen MR) is 133 cm³/mol. The molecule has 5 rings (SSSR count). The van der Waals surface area contributed by atoms with Crippen LogP contribution in [0.4, 0.5) is 11.4 Å². The van der Waals surface area contributed by atoms with Crippen molar-refractivity contribution >= 4 is 38.5 Å². The summed E-state index contributed by atoms with van der Waals surface area (Å²) in [6.07, 6.45) is 4.65. The molecule has 1 aromatic heterocycles. The van der Waals surface area contributed by atoms with Crippen LogP contribution in [0.25, 0.3) is 10.9 Å². The molecule has 0 amide bonds. The van der Waals surface area contributed by atoms with Gasteiger partial charge < -0.3 is 10.4 Å². The van der Waals surface area contributed by atoms with Crippen molar-refractivity contribution in [3.63, 3.8) is 0 Å². The Kier molecular flexibility index (Phi) is 5.21. The van der Waals surface area contributed by atoms with Gasteiger partial charge in [-0.1, -0.05) is 47.5 Å². The molecule has 4 aromatic rings. The maximum Gasteiger partial charge on any atom is 0.268 e. The lowest BCUT2D eigenvalue weighted by Gasteiger charge is -2.16. The standard InChI is InChI=1S/C26H25N3O3S/c1-17-3-7-19(8-4-17)11-13-28-23-15-22-24-20(12-14-27-22)16-29(25(24)26(23)30)33(31,32)21-9-5-18(2)6-10-21/h3-10,13,15-16,27,30H,11-12,14H2,1-2H3. The predicted octanol–water partition coefficient (Wildman–Crippen LogP) is 5.11. The smallest absolute Gasteiger partial charge is 0.268 e. The summed E-state index contributed by atoms with van der Waals surface area (Å²) in [7, 11) is -3.89. The van der Waals surface area contributed by atoms with Crippen LogP contribution in [0.1, 0.15) is 22.3 Å². The molecule has 0 radical (unpaired) electrons. The molecular weight excluding hydrogens is 434 g/mol. The molecule has 0 fully saturated rings. The van der Waals surface area contributed by atoms with Gasteiger partial charge in [-0.05, 0) is 49.6 Å². The maximum atomic E-state index is 13.5. The van der Waals surface area contributed by atoms with Gasteiger partial charge in [-0.15, -0.1) is 0 Å². The first-order chi connectivity index (χ1) is 15.8. The molecule has 33 heavy (non-hydrogen) atoms. The number of phenols is 1. The van der Waals surface area contributed by atoms with Crippen LogP contribution in [0, 0.1) is 13.8 Å². The minimum Gasteiger partial charge on any atom is -0.504 e. The van der Waals surface area contributed by atoms with E-state index in [4.69, 9.17) is 0 Å². The van der Waals surface area contributed by atoms with Gasteiger partial charge in [-0.2, -0.15) is 0 Å². The number of nitrogens with zero attached hydrogens (tertiary/aromatic N) is 2. The topological polar surface area (TPSA) is 83.7 Å². The van der Waals surface area contributed by atoms with Gasteiger partial charge in [0.2, 0.25) is 0 Å². The van der Waals surface area contributed by atoms with E-state index in [0.29, 0.717) is 25.1 Å². The van der Waals surface area contributed by atoms with Crippen molar-refractivity contribution < 1.29 is 13.5 Å². The van der Waals surface area contributed by atoms with Crippen LogP contribution in [0.3, 0.4) is 0 Å². The second-order valence-electron chi connectivity index (χ2n) is 8.46. The van der Waals surface area contributed by atoms with E-state index in [1.165, 1.54) is 9.54 Å². The molecule has 1 aliphatic heterocycles. The lowest BCUT2D eigenvalue weighted by Crippen LogP contribution is -2.12. The fourth-order valence-electron chi connectivity index (χ4n) is 4.20. The van der Waals surface area contributed by atoms with Gasteiger partial charge >= 0.3 is 0 Å². The van der Waals surface area contributed by atoms with E-state index >= 15 is 0 Å². The summed E-state index contributed by atoms with van der Waals surface area (Å²) in [5.74, 6) is -0.139. The van der Waals surface area contributed by atoms with E-state index in [1.807, 2.05) is 38.1 Å². The molecule has 0 aliphatic carbocycles. The van der Waals surface area contributed by atoms with Crippen LogP contribution < -0.4 is 5.32 Å². The second-order valence-corrected chi connectivity index (χ2v) is 10.3. The van der Waals surface area contributed by atoms with Crippen LogP contribution in [-0.2, 0) is 22.9 Å². The van der Waals surface area contributed by atoms with Gasteiger partial charge in [0.25, 0.3) is 10.0 Å². The lowest BCUT2D eigenvalue weighted by molar-refractivity contribution is 0.481. The molecule has 168 valence electrons. The Morgan fingerprint density at radius 1 is 1.06 bits per heavy atom. The van der Waals surface area contributed by atoms with Gasteiger partial charge in [0.05, 0.1) is 4.90 Å². The summed E-state index contributed by atoms with van der Waals surface area (Å²) in [5.41, 5.74) is 5.54. The van der Waals surface area contributed by atoms with Crippen molar-refractivity contribution in [3.8, 4) is 5.75 Å². The van der Waals surface area contributed by atoms with E-state index in [2.05, 4.69) is 10.3 Å². The molecule has 3 aromatic carbocycles. The molecule has 0 unspecified atom stereocenters. The molecule has 0 bridgehead atoms. The van der Waals surface area contributed by atoms with Crippen molar-refractivity contribution in [2.24, 2.45) is 4.99 Å². The third-order valence-corrected chi connectivity index (χ3v) is 7.71. The first-order valence-electron chi connectivity index (χ1n) is 10.9. The Morgan fingerprint density at radius 2 is 1.73 bits per heavy atom. The fraction of sp³-hybridized carbons (Fsp3) is 0.192.